The van der Waals surface area contributed by atoms with Crippen molar-refractivity contribution in [2.75, 3.05) is 6.54 Å². The van der Waals surface area contributed by atoms with E-state index in [0.717, 1.165) is 6.54 Å². The number of fused-ring (bicyclic) bond motifs is 1. The van der Waals surface area contributed by atoms with Gasteiger partial charge in [0.05, 0.1) is 0 Å². The van der Waals surface area contributed by atoms with Crippen LogP contribution in [0.25, 0.3) is 0 Å². The third kappa shape index (κ3) is 2.29. The molecule has 0 atom stereocenters. The molecular weight excluding hydrogens is 194 g/mol. The number of hydrogen-bond acceptors (Lipinski definition) is 1. The number of nitrogens with zero attached hydrogens (tertiary/aromatic N) is 1. The molecule has 86 valence electrons. The van der Waals surface area contributed by atoms with Crippen molar-refractivity contribution in [3.8, 4) is 0 Å². The molecule has 1 nitrogen and oxygen atoms in total. The normalized spacial score (nSPS) is 16.1. The van der Waals surface area contributed by atoms with Gasteiger partial charge in [0.25, 0.3) is 0 Å². The molecule has 0 fully saturated rings. The van der Waals surface area contributed by atoms with Crippen LogP contribution >= 0.6 is 0 Å². The monoisotopic (exact) mass is 215 g/mol. The summed E-state index contributed by atoms with van der Waals surface area (Å²) >= 11 is 0. The molecule has 1 aromatic carbocycles. The first-order valence-electron chi connectivity index (χ1n) is 6.32. The quantitative estimate of drug-likeness (QED) is 0.742. The molecule has 0 bridgehead atoms. The molecule has 0 amide bonds. The number of allylic oxidation sites excluding steroid dienone is 2. The van der Waals surface area contributed by atoms with Gasteiger partial charge < -0.3 is 4.90 Å². The van der Waals surface area contributed by atoms with E-state index >= 15 is 0 Å². The van der Waals surface area contributed by atoms with Gasteiger partial charge in [0, 0.05) is 18.8 Å². The summed E-state index contributed by atoms with van der Waals surface area (Å²) in [5.41, 5.74) is 4.55. The molecule has 0 radical (unpaired) electrons. The molecule has 0 spiro atoms. The molecule has 1 heterocycles. The Morgan fingerprint density at radius 3 is 2.75 bits per heavy atom. The first kappa shape index (κ1) is 11.3. The number of benzene rings is 1. The van der Waals surface area contributed by atoms with Gasteiger partial charge in [0.2, 0.25) is 0 Å². The fourth-order valence-electron chi connectivity index (χ4n) is 2.48. The highest BCUT2D eigenvalue weighted by Crippen LogP contribution is 2.23. The van der Waals surface area contributed by atoms with E-state index in [4.69, 9.17) is 0 Å². The Labute approximate surface area is 98.8 Å². The molecule has 2 rings (SSSR count). The fourth-order valence-corrected chi connectivity index (χ4v) is 2.48. The van der Waals surface area contributed by atoms with Gasteiger partial charge in [-0.1, -0.05) is 43.7 Å². The lowest BCUT2D eigenvalue weighted by atomic mass is 9.99. The summed E-state index contributed by atoms with van der Waals surface area (Å²) in [5, 5.41) is 0. The van der Waals surface area contributed by atoms with E-state index in [-0.39, 0.29) is 0 Å². The van der Waals surface area contributed by atoms with Gasteiger partial charge in [0.1, 0.15) is 0 Å². The second-order valence-corrected chi connectivity index (χ2v) is 4.47. The summed E-state index contributed by atoms with van der Waals surface area (Å²) in [7, 11) is 0. The Balaban J connectivity index is 2.13. The summed E-state index contributed by atoms with van der Waals surface area (Å²) in [6.45, 7) is 6.68. The van der Waals surface area contributed by atoms with Crippen molar-refractivity contribution >= 4 is 0 Å². The summed E-state index contributed by atoms with van der Waals surface area (Å²) < 4.78 is 0. The number of hydrogen-bond donors (Lipinski definition) is 0. The third-order valence-corrected chi connectivity index (χ3v) is 3.38. The lowest BCUT2D eigenvalue weighted by Gasteiger charge is -2.32. The highest BCUT2D eigenvalue weighted by atomic mass is 15.1. The Bertz CT molecular complexity index is 379. The summed E-state index contributed by atoms with van der Waals surface area (Å²) in [4.78, 5) is 2.53. The lowest BCUT2D eigenvalue weighted by Crippen LogP contribution is -2.29. The topological polar surface area (TPSA) is 3.24 Å². The van der Waals surface area contributed by atoms with Crippen LogP contribution in [0.2, 0.25) is 0 Å². The molecular formula is C15H21N. The molecule has 0 saturated carbocycles. The van der Waals surface area contributed by atoms with Gasteiger partial charge in [0.15, 0.2) is 0 Å². The van der Waals surface area contributed by atoms with Gasteiger partial charge in [-0.25, -0.2) is 0 Å². The van der Waals surface area contributed by atoms with Crippen molar-refractivity contribution in [3.05, 3.63) is 47.2 Å². The zero-order valence-corrected chi connectivity index (χ0v) is 10.4. The van der Waals surface area contributed by atoms with Crippen LogP contribution in [0.5, 0.6) is 0 Å². The van der Waals surface area contributed by atoms with E-state index in [1.807, 2.05) is 0 Å². The molecule has 1 aliphatic rings. The molecule has 1 heteroatoms. The van der Waals surface area contributed by atoms with Crippen LogP contribution in [0.4, 0.5) is 0 Å². The maximum Gasteiger partial charge on any atom is 0.0429 e. The second kappa shape index (κ2) is 5.20. The van der Waals surface area contributed by atoms with Gasteiger partial charge in [-0.2, -0.15) is 0 Å². The van der Waals surface area contributed by atoms with E-state index in [1.54, 1.807) is 0 Å². The lowest BCUT2D eigenvalue weighted by molar-refractivity contribution is 0.309. The summed E-state index contributed by atoms with van der Waals surface area (Å²) in [5.74, 6) is 0. The molecule has 16 heavy (non-hydrogen) atoms. The first-order chi connectivity index (χ1) is 7.85. The highest BCUT2D eigenvalue weighted by Gasteiger charge is 2.16. The van der Waals surface area contributed by atoms with Gasteiger partial charge in [-0.15, -0.1) is 0 Å². The van der Waals surface area contributed by atoms with E-state index in [2.05, 4.69) is 49.1 Å². The smallest absolute Gasteiger partial charge is 0.0429 e. The van der Waals surface area contributed by atoms with Gasteiger partial charge >= 0.3 is 0 Å². The third-order valence-electron chi connectivity index (χ3n) is 3.38. The van der Waals surface area contributed by atoms with Crippen LogP contribution in [0, 0.1) is 0 Å². The molecule has 0 unspecified atom stereocenters. The minimum atomic E-state index is 1.09. The Hall–Kier alpha value is -1.24. The molecule has 0 aromatic heterocycles. The van der Waals surface area contributed by atoms with Crippen LogP contribution < -0.4 is 0 Å². The van der Waals surface area contributed by atoms with Crippen molar-refractivity contribution in [3.63, 3.8) is 0 Å². The van der Waals surface area contributed by atoms with Crippen molar-refractivity contribution in [1.29, 1.82) is 0 Å². The maximum atomic E-state index is 2.53. The van der Waals surface area contributed by atoms with Crippen molar-refractivity contribution < 1.29 is 0 Å². The Morgan fingerprint density at radius 1 is 1.31 bits per heavy atom. The van der Waals surface area contributed by atoms with E-state index in [9.17, 15) is 0 Å². The average molecular weight is 215 g/mol. The molecule has 0 N–H and O–H groups in total. The maximum absolute atomic E-state index is 2.53. The van der Waals surface area contributed by atoms with E-state index < -0.39 is 0 Å². The second-order valence-electron chi connectivity index (χ2n) is 4.47. The minimum absolute atomic E-state index is 1.09. The van der Waals surface area contributed by atoms with Crippen molar-refractivity contribution in [2.24, 2.45) is 0 Å². The fraction of sp³-hybridized carbons (Fsp3) is 0.467. The summed E-state index contributed by atoms with van der Waals surface area (Å²) in [6, 6.07) is 8.83. The zero-order chi connectivity index (χ0) is 11.4. The van der Waals surface area contributed by atoms with E-state index in [0.29, 0.717) is 0 Å². The predicted octanol–water partition coefficient (Wildman–Crippen LogP) is 3.75. The molecule has 0 aliphatic carbocycles. The highest BCUT2D eigenvalue weighted by molar-refractivity contribution is 5.30. The zero-order valence-electron chi connectivity index (χ0n) is 10.4. The molecule has 0 saturated heterocycles. The predicted molar refractivity (Wildman–Crippen MR) is 69.2 cm³/mol. The van der Waals surface area contributed by atoms with E-state index in [1.165, 1.54) is 42.6 Å². The van der Waals surface area contributed by atoms with Gasteiger partial charge in [-0.05, 0) is 30.9 Å². The Morgan fingerprint density at radius 2 is 2.06 bits per heavy atom. The first-order valence-corrected chi connectivity index (χ1v) is 6.32. The standard InChI is InChI=1S/C15H21N/c1-3-7-15(4-2)16-11-10-13-8-5-6-9-14(13)12-16/h4-6,8-9H,3,7,10-12H2,1-2H3/b15-4+. The van der Waals surface area contributed by atoms with Crippen molar-refractivity contribution in [2.45, 2.75) is 39.7 Å². The van der Waals surface area contributed by atoms with Crippen molar-refractivity contribution in [1.82, 2.24) is 4.90 Å². The SMILES string of the molecule is C/C=C(\CCC)N1CCc2ccccc2C1. The molecule has 1 aliphatic heterocycles. The Kier molecular flexibility index (Phi) is 3.66. The molecule has 1 aromatic rings. The number of rotatable bonds is 3. The summed E-state index contributed by atoms with van der Waals surface area (Å²) in [6.07, 6.45) is 5.91. The minimum Gasteiger partial charge on any atom is -0.370 e. The van der Waals surface area contributed by atoms with Crippen LogP contribution in [0.15, 0.2) is 36.0 Å². The van der Waals surface area contributed by atoms with Crippen LogP contribution in [0.1, 0.15) is 37.8 Å². The van der Waals surface area contributed by atoms with Crippen LogP contribution in [-0.4, -0.2) is 11.4 Å². The van der Waals surface area contributed by atoms with Crippen LogP contribution in [-0.2, 0) is 13.0 Å². The van der Waals surface area contributed by atoms with Crippen LogP contribution in [0.3, 0.4) is 0 Å². The average Bonchev–Trinajstić information content (AvgIpc) is 2.35. The largest absolute Gasteiger partial charge is 0.370 e. The van der Waals surface area contributed by atoms with Gasteiger partial charge in [-0.3, -0.25) is 0 Å².